The van der Waals surface area contributed by atoms with Crippen LogP contribution in [0.25, 0.3) is 0 Å². The Morgan fingerprint density at radius 2 is 2.17 bits per heavy atom. The van der Waals surface area contributed by atoms with Gasteiger partial charge in [-0.3, -0.25) is 9.80 Å². The molecule has 0 saturated carbocycles. The first-order chi connectivity index (χ1) is 8.72. The second-order valence-electron chi connectivity index (χ2n) is 5.30. The van der Waals surface area contributed by atoms with Gasteiger partial charge in [-0.15, -0.1) is 0 Å². The van der Waals surface area contributed by atoms with Gasteiger partial charge in [0.05, 0.1) is 0 Å². The van der Waals surface area contributed by atoms with Crippen LogP contribution in [0.15, 0.2) is 22.7 Å². The fraction of sp³-hybridized carbons (Fsp3) is 0.571. The molecular weight excluding hydrogens is 295 g/mol. The second-order valence-corrected chi connectivity index (χ2v) is 6.16. The van der Waals surface area contributed by atoms with Gasteiger partial charge in [0.2, 0.25) is 0 Å². The number of fused-ring (bicyclic) bond motifs is 1. The SMILES string of the molecule is Fc1ccc(CN2CCN3CCCC3C2)c(Br)c1. The van der Waals surface area contributed by atoms with Crippen molar-refractivity contribution in [2.75, 3.05) is 26.2 Å². The maximum Gasteiger partial charge on any atom is 0.124 e. The van der Waals surface area contributed by atoms with Crippen LogP contribution in [-0.2, 0) is 6.54 Å². The molecule has 2 fully saturated rings. The summed E-state index contributed by atoms with van der Waals surface area (Å²) in [5.74, 6) is -0.175. The third-order valence-electron chi connectivity index (χ3n) is 4.08. The topological polar surface area (TPSA) is 6.48 Å². The zero-order valence-corrected chi connectivity index (χ0v) is 12.0. The van der Waals surface area contributed by atoms with Crippen molar-refractivity contribution in [3.8, 4) is 0 Å². The van der Waals surface area contributed by atoms with Crippen LogP contribution >= 0.6 is 15.9 Å². The van der Waals surface area contributed by atoms with Gasteiger partial charge in [-0.2, -0.15) is 0 Å². The Kier molecular flexibility index (Phi) is 3.68. The molecule has 4 heteroatoms. The Morgan fingerprint density at radius 1 is 1.28 bits per heavy atom. The van der Waals surface area contributed by atoms with E-state index in [4.69, 9.17) is 0 Å². The van der Waals surface area contributed by atoms with Crippen molar-refractivity contribution in [1.82, 2.24) is 9.80 Å². The van der Waals surface area contributed by atoms with Gasteiger partial charge in [0.15, 0.2) is 0 Å². The van der Waals surface area contributed by atoms with Crippen LogP contribution in [-0.4, -0.2) is 42.0 Å². The van der Waals surface area contributed by atoms with Crippen molar-refractivity contribution in [2.45, 2.75) is 25.4 Å². The van der Waals surface area contributed by atoms with E-state index in [2.05, 4.69) is 25.7 Å². The van der Waals surface area contributed by atoms with Gasteiger partial charge < -0.3 is 0 Å². The third kappa shape index (κ3) is 2.60. The molecule has 0 radical (unpaired) electrons. The Bertz CT molecular complexity index is 438. The maximum absolute atomic E-state index is 13.1. The number of hydrogen-bond acceptors (Lipinski definition) is 2. The lowest BCUT2D eigenvalue weighted by molar-refractivity contribution is 0.0992. The molecule has 1 aromatic rings. The van der Waals surface area contributed by atoms with Crippen LogP contribution in [0, 0.1) is 5.82 Å². The third-order valence-corrected chi connectivity index (χ3v) is 4.82. The van der Waals surface area contributed by atoms with Gasteiger partial charge in [-0.25, -0.2) is 4.39 Å². The quantitative estimate of drug-likeness (QED) is 0.828. The average Bonchev–Trinajstić information content (AvgIpc) is 2.80. The first-order valence-electron chi connectivity index (χ1n) is 6.63. The number of benzene rings is 1. The van der Waals surface area contributed by atoms with E-state index in [1.807, 2.05) is 6.07 Å². The fourth-order valence-corrected chi connectivity index (χ4v) is 3.57. The number of halogens is 2. The van der Waals surface area contributed by atoms with Gasteiger partial charge in [0, 0.05) is 36.7 Å². The van der Waals surface area contributed by atoms with Gasteiger partial charge in [-0.1, -0.05) is 22.0 Å². The van der Waals surface area contributed by atoms with E-state index in [0.717, 1.165) is 30.1 Å². The lowest BCUT2D eigenvalue weighted by atomic mass is 10.1. The van der Waals surface area contributed by atoms with Crippen molar-refractivity contribution in [1.29, 1.82) is 0 Å². The highest BCUT2D eigenvalue weighted by Gasteiger charge is 2.30. The summed E-state index contributed by atoms with van der Waals surface area (Å²) in [5.41, 5.74) is 1.18. The molecule has 0 bridgehead atoms. The zero-order valence-electron chi connectivity index (χ0n) is 10.4. The van der Waals surface area contributed by atoms with E-state index in [1.54, 1.807) is 12.1 Å². The largest absolute Gasteiger partial charge is 0.298 e. The summed E-state index contributed by atoms with van der Waals surface area (Å²) >= 11 is 3.45. The van der Waals surface area contributed by atoms with Crippen LogP contribution in [0.3, 0.4) is 0 Å². The number of nitrogens with zero attached hydrogens (tertiary/aromatic N) is 2. The lowest BCUT2D eigenvalue weighted by Crippen LogP contribution is -2.49. The molecule has 0 amide bonds. The van der Waals surface area contributed by atoms with Crippen LogP contribution in [0.2, 0.25) is 0 Å². The number of rotatable bonds is 2. The minimum Gasteiger partial charge on any atom is -0.298 e. The predicted molar refractivity (Wildman–Crippen MR) is 74.0 cm³/mol. The van der Waals surface area contributed by atoms with Gasteiger partial charge in [0.1, 0.15) is 5.82 Å². The van der Waals surface area contributed by atoms with Crippen molar-refractivity contribution < 1.29 is 4.39 Å². The highest BCUT2D eigenvalue weighted by Crippen LogP contribution is 2.24. The minimum absolute atomic E-state index is 0.175. The molecule has 2 aliphatic heterocycles. The lowest BCUT2D eigenvalue weighted by Gasteiger charge is -2.37. The molecule has 1 unspecified atom stereocenters. The Balaban J connectivity index is 1.66. The summed E-state index contributed by atoms with van der Waals surface area (Å²) in [5, 5.41) is 0. The van der Waals surface area contributed by atoms with Gasteiger partial charge in [-0.05, 0) is 37.1 Å². The smallest absolute Gasteiger partial charge is 0.124 e. The van der Waals surface area contributed by atoms with Crippen LogP contribution in [0.5, 0.6) is 0 Å². The number of piperazine rings is 1. The highest BCUT2D eigenvalue weighted by molar-refractivity contribution is 9.10. The average molecular weight is 313 g/mol. The van der Waals surface area contributed by atoms with Crippen molar-refractivity contribution >= 4 is 15.9 Å². The normalized spacial score (nSPS) is 25.3. The Morgan fingerprint density at radius 3 is 3.00 bits per heavy atom. The second kappa shape index (κ2) is 5.27. The molecule has 2 aliphatic rings. The predicted octanol–water partition coefficient (Wildman–Crippen LogP) is 2.87. The molecule has 3 rings (SSSR count). The minimum atomic E-state index is -0.175. The van der Waals surface area contributed by atoms with E-state index in [0.29, 0.717) is 0 Å². The van der Waals surface area contributed by atoms with E-state index >= 15 is 0 Å². The van der Waals surface area contributed by atoms with E-state index < -0.39 is 0 Å². The summed E-state index contributed by atoms with van der Waals surface area (Å²) in [6.45, 7) is 5.66. The maximum atomic E-state index is 13.1. The molecule has 0 aromatic heterocycles. The van der Waals surface area contributed by atoms with E-state index in [-0.39, 0.29) is 5.82 Å². The standard InChI is InChI=1S/C14H18BrFN2/c15-14-8-12(16)4-3-11(14)9-17-6-7-18-5-1-2-13(18)10-17/h3-4,8,13H,1-2,5-7,9-10H2. The molecule has 18 heavy (non-hydrogen) atoms. The molecule has 1 aromatic carbocycles. The zero-order chi connectivity index (χ0) is 12.5. The van der Waals surface area contributed by atoms with Crippen molar-refractivity contribution in [3.05, 3.63) is 34.1 Å². The number of hydrogen-bond donors (Lipinski definition) is 0. The summed E-state index contributed by atoms with van der Waals surface area (Å²) in [7, 11) is 0. The first-order valence-corrected chi connectivity index (χ1v) is 7.42. The molecular formula is C14H18BrFN2. The summed E-state index contributed by atoms with van der Waals surface area (Å²) < 4.78 is 13.9. The van der Waals surface area contributed by atoms with Crippen LogP contribution in [0.4, 0.5) is 4.39 Å². The summed E-state index contributed by atoms with van der Waals surface area (Å²) in [6.07, 6.45) is 2.68. The van der Waals surface area contributed by atoms with Gasteiger partial charge >= 0.3 is 0 Å². The monoisotopic (exact) mass is 312 g/mol. The molecule has 2 nitrogen and oxygen atoms in total. The van der Waals surface area contributed by atoms with Crippen molar-refractivity contribution in [3.63, 3.8) is 0 Å². The molecule has 2 heterocycles. The highest BCUT2D eigenvalue weighted by atomic mass is 79.9. The molecule has 2 saturated heterocycles. The molecule has 0 spiro atoms. The van der Waals surface area contributed by atoms with E-state index in [9.17, 15) is 4.39 Å². The molecule has 98 valence electrons. The molecule has 0 aliphatic carbocycles. The van der Waals surface area contributed by atoms with E-state index in [1.165, 1.54) is 31.5 Å². The Hall–Kier alpha value is -0.450. The van der Waals surface area contributed by atoms with Crippen LogP contribution < -0.4 is 0 Å². The molecule has 1 atom stereocenters. The van der Waals surface area contributed by atoms with Crippen LogP contribution in [0.1, 0.15) is 18.4 Å². The Labute approximate surface area is 116 Å². The summed E-state index contributed by atoms with van der Waals surface area (Å²) in [4.78, 5) is 5.10. The molecule has 0 N–H and O–H groups in total. The van der Waals surface area contributed by atoms with Crippen molar-refractivity contribution in [2.24, 2.45) is 0 Å². The fourth-order valence-electron chi connectivity index (χ4n) is 3.09. The summed E-state index contributed by atoms with van der Waals surface area (Å²) in [6, 6.07) is 5.74. The van der Waals surface area contributed by atoms with Gasteiger partial charge in [0.25, 0.3) is 0 Å². The first kappa shape index (κ1) is 12.6.